The van der Waals surface area contributed by atoms with Gasteiger partial charge < -0.3 is 59.8 Å². The molecule has 6 aromatic rings. The number of piperidine rings is 4. The molecule has 4 saturated heterocycles. The van der Waals surface area contributed by atoms with Crippen LogP contribution >= 0.6 is 46.4 Å². The molecule has 99 heavy (non-hydrogen) atoms. The maximum atomic E-state index is 13.1. The molecule has 4 aromatic carbocycles. The Morgan fingerprint density at radius 3 is 1.78 bits per heavy atom. The number of H-pyrrole nitrogens is 2. The molecule has 1 unspecified atom stereocenters. The van der Waals surface area contributed by atoms with Crippen molar-refractivity contribution in [1.29, 1.82) is 0 Å². The molecule has 4 aliphatic rings. The van der Waals surface area contributed by atoms with Gasteiger partial charge in [0, 0.05) is 119 Å². The van der Waals surface area contributed by atoms with Gasteiger partial charge >= 0.3 is 18.4 Å². The van der Waals surface area contributed by atoms with Gasteiger partial charge in [-0.2, -0.15) is 31.4 Å². The fraction of sp³-hybridized carbons (Fsp3) is 0.478. The quantitative estimate of drug-likeness (QED) is 0.0388. The number of methoxy groups -OCH3 is 1. The summed E-state index contributed by atoms with van der Waals surface area (Å²) in [6.45, 7) is 13.1. The molecule has 4 aliphatic heterocycles. The minimum Gasteiger partial charge on any atom is -0.495 e. The fourth-order valence-corrected chi connectivity index (χ4v) is 13.6. The first-order chi connectivity index (χ1) is 46.6. The number of nitrogens with zero attached hydrogens (tertiary/aromatic N) is 5. The van der Waals surface area contributed by atoms with Crippen LogP contribution in [0, 0.1) is 19.8 Å². The number of aromatic nitrogens is 3. The van der Waals surface area contributed by atoms with Crippen LogP contribution in [0.3, 0.4) is 0 Å². The molecule has 0 bridgehead atoms. The Balaban J connectivity index is 0.000000392. The summed E-state index contributed by atoms with van der Waals surface area (Å²) in [5, 5.41) is 22.7. The molecular formula is C67H90Cl4F6N10O11S. The van der Waals surface area contributed by atoms with Crippen molar-refractivity contribution in [3.63, 3.8) is 0 Å². The number of amides is 4. The van der Waals surface area contributed by atoms with E-state index in [-0.39, 0.29) is 61.1 Å². The number of carbonyl (C=O) groups is 3. The van der Waals surface area contributed by atoms with Gasteiger partial charge in [0.15, 0.2) is 16.7 Å². The number of urea groups is 1. The zero-order chi connectivity index (χ0) is 70.8. The Morgan fingerprint density at radius 1 is 0.677 bits per heavy atom. The van der Waals surface area contributed by atoms with Gasteiger partial charge in [0.25, 0.3) is 11.8 Å². The number of carbonyl (C=O) groups excluding carboxylic acids is 3. The van der Waals surface area contributed by atoms with Gasteiger partial charge in [-0.3, -0.25) is 29.1 Å². The maximum Gasteiger partial charge on any atom is 0.433 e. The minimum atomic E-state index is -4.85. The van der Waals surface area contributed by atoms with Gasteiger partial charge in [-0.25, -0.2) is 9.00 Å². The highest BCUT2D eigenvalue weighted by Gasteiger charge is 2.39. The Kier molecular flexibility index (Phi) is 29.8. The lowest BCUT2D eigenvalue weighted by molar-refractivity contribution is -0.141. The number of aromatic amines is 2. The predicted molar refractivity (Wildman–Crippen MR) is 374 cm³/mol. The number of likely N-dealkylation sites (tertiary alicyclic amines) is 4. The standard InChI is InChI=1S/C24H29Cl2N3O4S.C22H25ClF3N3O4.C21H26ClF3N4O2.H2O.4H2/c1-32-22-4-2-3-5-23(22)34(31)27-24(30)29-12-8-17(9-13-29)28-14-10-18(11-15-28)33-19-6-7-20(25)21(26)16-19;1-13-8-14(23)2-3-19(13)33-16-4-6-29(7-5-16)12-15(30)10-28-21(32)17-11-27-20(31)9-18(17)22(24,25)26;1-13(10-26-20(30)17-11-27-28-19(17)21(23,24)25)12-29-7-5-16(6-8-29)31-18-4-3-15(22)9-14(18)2;;;;;/h2-7,16-18H,8-15H2,1H3,(H,27,30);2-3,8-9,11,15-16,30H,4-7,10,12H2,1H3,(H,27,31)(H,28,32);3-4,9,11,13,16H,5-8,10,12H2,1-2H3,(H,26,30)(H,27,28);1H2;4*1H/t;15-;13-;;;;;/m.11...../s1. The van der Waals surface area contributed by atoms with E-state index in [1.54, 1.807) is 47.4 Å². The number of aliphatic hydroxyl groups is 1. The van der Waals surface area contributed by atoms with Crippen molar-refractivity contribution in [2.24, 2.45) is 5.92 Å². The van der Waals surface area contributed by atoms with Crippen LogP contribution in [0.1, 0.15) is 107 Å². The average molecular weight is 1500 g/mol. The summed E-state index contributed by atoms with van der Waals surface area (Å²) in [5.41, 5.74) is -2.65. The number of nitrogens with one attached hydrogen (secondary N) is 5. The molecular weight excluding hydrogens is 1410 g/mol. The van der Waals surface area contributed by atoms with E-state index in [1.165, 1.54) is 7.11 Å². The van der Waals surface area contributed by atoms with Crippen molar-refractivity contribution in [3.8, 4) is 23.0 Å². The van der Waals surface area contributed by atoms with Gasteiger partial charge in [-0.05, 0) is 143 Å². The number of hydrogen-bond donors (Lipinski definition) is 6. The molecule has 3 atom stereocenters. The first-order valence-corrected chi connectivity index (χ1v) is 34.7. The number of halogens is 10. The van der Waals surface area contributed by atoms with Crippen molar-refractivity contribution >= 4 is 75.2 Å². The molecule has 10 rings (SSSR count). The predicted octanol–water partition coefficient (Wildman–Crippen LogP) is 12.2. The second-order valence-corrected chi connectivity index (χ2v) is 27.4. The molecule has 8 N–H and O–H groups in total. The molecule has 0 radical (unpaired) electrons. The first kappa shape index (κ1) is 79.5. The van der Waals surface area contributed by atoms with Crippen molar-refractivity contribution in [2.45, 2.75) is 120 Å². The van der Waals surface area contributed by atoms with Crippen molar-refractivity contribution in [2.75, 3.05) is 85.6 Å². The smallest absolute Gasteiger partial charge is 0.433 e. The van der Waals surface area contributed by atoms with E-state index in [0.717, 1.165) is 125 Å². The molecule has 0 saturated carbocycles. The van der Waals surface area contributed by atoms with E-state index in [2.05, 4.69) is 35.2 Å². The number of aliphatic hydroxyl groups excluding tert-OH is 1. The van der Waals surface area contributed by atoms with Gasteiger partial charge in [-0.15, -0.1) is 0 Å². The van der Waals surface area contributed by atoms with Crippen LogP contribution in [0.25, 0.3) is 0 Å². The van der Waals surface area contributed by atoms with E-state index < -0.39 is 69.2 Å². The van der Waals surface area contributed by atoms with Crippen LogP contribution in [0.5, 0.6) is 23.0 Å². The van der Waals surface area contributed by atoms with Gasteiger partial charge in [0.1, 0.15) is 46.2 Å². The molecule has 32 heteroatoms. The lowest BCUT2D eigenvalue weighted by atomic mass is 9.99. The maximum absolute atomic E-state index is 13.1. The van der Waals surface area contributed by atoms with Crippen LogP contribution in [0.15, 0.2) is 107 Å². The summed E-state index contributed by atoms with van der Waals surface area (Å²) in [7, 11) is -0.151. The minimum absolute atomic E-state index is 0. The van der Waals surface area contributed by atoms with Gasteiger partial charge in [0.2, 0.25) is 5.56 Å². The Bertz CT molecular complexity index is 3740. The lowest BCUT2D eigenvalue weighted by Gasteiger charge is -2.41. The highest BCUT2D eigenvalue weighted by Crippen LogP contribution is 2.34. The van der Waals surface area contributed by atoms with Crippen LogP contribution in [-0.2, 0) is 23.3 Å². The van der Waals surface area contributed by atoms with Gasteiger partial charge in [0.05, 0.1) is 46.1 Å². The third kappa shape index (κ3) is 23.9. The Morgan fingerprint density at radius 2 is 1.22 bits per heavy atom. The topological polar surface area (TPSA) is 268 Å². The number of alkyl halides is 6. The third-order valence-corrected chi connectivity index (χ3v) is 19.4. The summed E-state index contributed by atoms with van der Waals surface area (Å²) in [6.07, 6.45) is -1.61. The van der Waals surface area contributed by atoms with E-state index in [0.29, 0.717) is 69.0 Å². The largest absolute Gasteiger partial charge is 0.495 e. The normalized spacial score (nSPS) is 17.3. The van der Waals surface area contributed by atoms with E-state index in [4.69, 9.17) is 65.4 Å². The van der Waals surface area contributed by atoms with E-state index >= 15 is 0 Å². The molecule has 4 fully saturated rings. The van der Waals surface area contributed by atoms with Crippen molar-refractivity contribution in [3.05, 3.63) is 161 Å². The summed E-state index contributed by atoms with van der Waals surface area (Å²) < 4.78 is 117. The van der Waals surface area contributed by atoms with Crippen molar-refractivity contribution in [1.82, 2.24) is 50.1 Å². The average Bonchev–Trinajstić information content (AvgIpc) is 1.67. The second-order valence-electron chi connectivity index (χ2n) is 24.5. The third-order valence-electron chi connectivity index (χ3n) is 17.1. The molecule has 0 spiro atoms. The fourth-order valence-electron chi connectivity index (χ4n) is 11.9. The highest BCUT2D eigenvalue weighted by atomic mass is 35.5. The zero-order valence-electron chi connectivity index (χ0n) is 54.9. The molecule has 21 nitrogen and oxygen atoms in total. The molecule has 550 valence electrons. The van der Waals surface area contributed by atoms with Gasteiger partial charge in [-0.1, -0.05) is 65.5 Å². The van der Waals surface area contributed by atoms with Crippen LogP contribution in [-0.4, -0.2) is 184 Å². The lowest BCUT2D eigenvalue weighted by Crippen LogP contribution is -2.52. The number of β-amino-alcohol motifs (C(OH)–C–C–N with tert-alkyl or cyclic N) is 1. The van der Waals surface area contributed by atoms with Crippen molar-refractivity contribution < 1.29 is 80.2 Å². The summed E-state index contributed by atoms with van der Waals surface area (Å²) in [5.74, 6) is 1.14. The SMILES string of the molecule is COc1ccccc1S(=O)NC(=O)N1CCC(N2CCC(Oc3ccc(Cl)c(Cl)c3)CC2)CC1.Cc1cc(Cl)ccc1OC1CCN(C[C@H](C)CNC(=O)c2cn[nH]c2C(F)(F)F)CC1.Cc1cc(Cl)ccc1OC1CCN(C[C@H](O)CNC(=O)c2c[nH]c(=O)cc2C(F)(F)F)CC1.O.[HH].[HH].[HH].[HH]. The molecule has 0 aliphatic carbocycles. The number of rotatable bonds is 20. The number of pyridine rings is 1. The monoisotopic (exact) mass is 1500 g/mol. The summed E-state index contributed by atoms with van der Waals surface area (Å²) in [6, 6.07) is 23.8. The first-order valence-electron chi connectivity index (χ1n) is 32.0. The number of benzene rings is 4. The summed E-state index contributed by atoms with van der Waals surface area (Å²) in [4.78, 5) is 59.2. The van der Waals surface area contributed by atoms with E-state index in [9.17, 15) is 54.8 Å². The number of aryl methyl sites for hydroxylation is 2. The summed E-state index contributed by atoms with van der Waals surface area (Å²) >= 11 is 24.0. The highest BCUT2D eigenvalue weighted by molar-refractivity contribution is 7.83. The molecule has 2 aromatic heterocycles. The number of hydrogen-bond acceptors (Lipinski definition) is 14. The Labute approximate surface area is 598 Å². The van der Waals surface area contributed by atoms with Crippen LogP contribution < -0.4 is 39.9 Å². The zero-order valence-corrected chi connectivity index (χ0v) is 58.7. The van der Waals surface area contributed by atoms with Crippen LogP contribution in [0.2, 0.25) is 20.1 Å². The number of para-hydroxylation sites is 1. The molecule has 6 heterocycles. The second kappa shape index (κ2) is 37.2. The Hall–Kier alpha value is -6.86. The molecule has 4 amide bonds. The number of ether oxygens (including phenoxy) is 4. The van der Waals surface area contributed by atoms with E-state index in [1.807, 2.05) is 67.2 Å². The van der Waals surface area contributed by atoms with Crippen LogP contribution in [0.4, 0.5) is 31.1 Å².